The quantitative estimate of drug-likeness (QED) is 0.582. The molecule has 0 fully saturated rings. The first kappa shape index (κ1) is 15.0. The molecule has 102 valence electrons. The van der Waals surface area contributed by atoms with Crippen LogP contribution in [0, 0.1) is 0 Å². The highest BCUT2D eigenvalue weighted by Gasteiger charge is 2.37. The van der Waals surface area contributed by atoms with Gasteiger partial charge in [0.15, 0.2) is 0 Å². The van der Waals surface area contributed by atoms with Crippen LogP contribution in [0.5, 0.6) is 0 Å². The first-order chi connectivity index (χ1) is 8.95. The lowest BCUT2D eigenvalue weighted by atomic mass is 9.72. The molecule has 0 aliphatic carbocycles. The lowest BCUT2D eigenvalue weighted by Gasteiger charge is -2.26. The summed E-state index contributed by atoms with van der Waals surface area (Å²) >= 11 is 6.45. The van der Waals surface area contributed by atoms with Crippen molar-refractivity contribution in [3.05, 3.63) is 29.8 Å². The molecule has 5 nitrogen and oxygen atoms in total. The molecule has 1 N–H and O–H groups in total. The summed E-state index contributed by atoms with van der Waals surface area (Å²) in [7, 11) is -4.95. The third-order valence-electron chi connectivity index (χ3n) is 2.64. The predicted molar refractivity (Wildman–Crippen MR) is 83.8 cm³/mol. The number of hydrogen-bond acceptors (Lipinski definition) is 4. The standard InChI is InChI=1S/C10H11BBr2N2O3S/c12-5-9(13)7-19(17,18)15-11(16)10-4-2-1-3-8(10)6-14-15/h1-4,6,9,16H,5,7H2. The van der Waals surface area contributed by atoms with Crippen LogP contribution in [0.3, 0.4) is 0 Å². The maximum absolute atomic E-state index is 12.2. The van der Waals surface area contributed by atoms with E-state index in [1.165, 1.54) is 6.21 Å². The Kier molecular flexibility index (Phi) is 4.70. The molecule has 2 rings (SSSR count). The van der Waals surface area contributed by atoms with Crippen LogP contribution in [0.4, 0.5) is 0 Å². The number of hydrazone groups is 1. The summed E-state index contributed by atoms with van der Waals surface area (Å²) in [4.78, 5) is -0.239. The Morgan fingerprint density at radius 1 is 1.42 bits per heavy atom. The number of alkyl halides is 2. The first-order valence-corrected chi connectivity index (χ1v) is 9.13. The highest BCUT2D eigenvalue weighted by atomic mass is 79.9. The molecule has 19 heavy (non-hydrogen) atoms. The van der Waals surface area contributed by atoms with Crippen LogP contribution in [-0.4, -0.2) is 46.9 Å². The fraction of sp³-hybridized carbons (Fsp3) is 0.300. The third-order valence-corrected chi connectivity index (χ3v) is 7.05. The Bertz CT molecular complexity index is 596. The summed E-state index contributed by atoms with van der Waals surface area (Å²) < 4.78 is 25.1. The van der Waals surface area contributed by atoms with E-state index in [2.05, 4.69) is 37.0 Å². The fourth-order valence-electron chi connectivity index (χ4n) is 1.74. The number of halogens is 2. The molecule has 0 bridgehead atoms. The largest absolute Gasteiger partial charge is 0.484 e. The maximum Gasteiger partial charge on any atom is 0.484 e. The van der Waals surface area contributed by atoms with Gasteiger partial charge in [0.05, 0.1) is 12.0 Å². The van der Waals surface area contributed by atoms with Crippen LogP contribution >= 0.6 is 31.9 Å². The molecule has 1 aromatic carbocycles. The normalized spacial score (nSPS) is 16.4. The van der Waals surface area contributed by atoms with Crippen molar-refractivity contribution in [3.8, 4) is 0 Å². The summed E-state index contributed by atoms with van der Waals surface area (Å²) in [5.74, 6) is -0.144. The molecule has 9 heteroatoms. The molecule has 0 saturated carbocycles. The average Bonchev–Trinajstić information content (AvgIpc) is 2.38. The van der Waals surface area contributed by atoms with Crippen molar-refractivity contribution in [2.45, 2.75) is 4.83 Å². The number of nitrogens with zero attached hydrogens (tertiary/aromatic N) is 2. The van der Waals surface area contributed by atoms with Crippen LogP contribution in [0.25, 0.3) is 0 Å². The molecular formula is C10H11BBr2N2O3S. The zero-order chi connectivity index (χ0) is 14.0. The topological polar surface area (TPSA) is 70.0 Å². The molecule has 1 heterocycles. The van der Waals surface area contributed by atoms with Gasteiger partial charge < -0.3 is 5.02 Å². The Morgan fingerprint density at radius 2 is 2.11 bits per heavy atom. The minimum Gasteiger partial charge on any atom is -0.427 e. The Hall–Kier alpha value is -0.375. The van der Waals surface area contributed by atoms with Crippen LogP contribution in [0.15, 0.2) is 29.4 Å². The minimum absolute atomic E-state index is 0.144. The molecule has 1 atom stereocenters. The van der Waals surface area contributed by atoms with Gasteiger partial charge in [-0.2, -0.15) is 5.10 Å². The zero-order valence-electron chi connectivity index (χ0n) is 9.78. The summed E-state index contributed by atoms with van der Waals surface area (Å²) in [6, 6.07) is 7.01. The summed E-state index contributed by atoms with van der Waals surface area (Å²) in [5.41, 5.74) is 1.25. The van der Waals surface area contributed by atoms with Gasteiger partial charge in [0.2, 0.25) is 10.0 Å². The average molecular weight is 410 g/mol. The Morgan fingerprint density at radius 3 is 2.79 bits per heavy atom. The Balaban J connectivity index is 2.30. The van der Waals surface area contributed by atoms with E-state index >= 15 is 0 Å². The van der Waals surface area contributed by atoms with Gasteiger partial charge >= 0.3 is 7.05 Å². The van der Waals surface area contributed by atoms with Gasteiger partial charge in [0.25, 0.3) is 0 Å². The van der Waals surface area contributed by atoms with Crippen LogP contribution in [0.1, 0.15) is 5.56 Å². The first-order valence-electron chi connectivity index (χ1n) is 5.49. The van der Waals surface area contributed by atoms with Gasteiger partial charge in [-0.1, -0.05) is 56.1 Å². The molecule has 0 amide bonds. The van der Waals surface area contributed by atoms with E-state index in [4.69, 9.17) is 0 Å². The van der Waals surface area contributed by atoms with Crippen molar-refractivity contribution >= 4 is 60.6 Å². The molecule has 0 radical (unpaired) electrons. The third kappa shape index (κ3) is 3.21. The number of hydrogen-bond donors (Lipinski definition) is 1. The van der Waals surface area contributed by atoms with Gasteiger partial charge in [-0.25, -0.2) is 12.7 Å². The van der Waals surface area contributed by atoms with Crippen LogP contribution in [0.2, 0.25) is 0 Å². The Labute approximate surface area is 129 Å². The molecular weight excluding hydrogens is 399 g/mol. The van der Waals surface area contributed by atoms with Crippen LogP contribution < -0.4 is 5.46 Å². The summed E-state index contributed by atoms with van der Waals surface area (Å²) in [5, 5.41) is 14.5. The van der Waals surface area contributed by atoms with E-state index in [1.54, 1.807) is 24.3 Å². The molecule has 1 aliphatic rings. The molecule has 0 aromatic heterocycles. The van der Waals surface area contributed by atoms with Crippen molar-refractivity contribution in [2.24, 2.45) is 5.10 Å². The van der Waals surface area contributed by atoms with Gasteiger partial charge in [0, 0.05) is 10.2 Å². The monoisotopic (exact) mass is 408 g/mol. The molecule has 0 spiro atoms. The number of rotatable bonds is 4. The van der Waals surface area contributed by atoms with E-state index in [1.807, 2.05) is 0 Å². The van der Waals surface area contributed by atoms with Gasteiger partial charge in [-0.05, 0) is 11.0 Å². The van der Waals surface area contributed by atoms with Crippen molar-refractivity contribution in [2.75, 3.05) is 11.1 Å². The highest BCUT2D eigenvalue weighted by Crippen LogP contribution is 2.15. The van der Waals surface area contributed by atoms with Gasteiger partial charge in [-0.15, -0.1) is 0 Å². The predicted octanol–water partition coefficient (Wildman–Crippen LogP) is 0.512. The second-order valence-corrected chi connectivity index (χ2v) is 7.86. The summed E-state index contributed by atoms with van der Waals surface area (Å²) in [6.07, 6.45) is 1.44. The van der Waals surface area contributed by atoms with Gasteiger partial charge in [0.1, 0.15) is 0 Å². The van der Waals surface area contributed by atoms with E-state index in [0.717, 1.165) is 9.89 Å². The molecule has 1 unspecified atom stereocenters. The van der Waals surface area contributed by atoms with E-state index in [0.29, 0.717) is 10.8 Å². The van der Waals surface area contributed by atoms with Crippen molar-refractivity contribution in [1.82, 2.24) is 4.33 Å². The van der Waals surface area contributed by atoms with Crippen molar-refractivity contribution in [3.63, 3.8) is 0 Å². The maximum atomic E-state index is 12.2. The molecule has 1 aromatic rings. The fourth-order valence-corrected chi connectivity index (χ4v) is 4.61. The van der Waals surface area contributed by atoms with Crippen molar-refractivity contribution in [1.29, 1.82) is 0 Å². The minimum atomic E-state index is -3.68. The lowest BCUT2D eigenvalue weighted by Crippen LogP contribution is -2.53. The number of sulfonamides is 1. The summed E-state index contributed by atoms with van der Waals surface area (Å²) in [6.45, 7) is 0. The second-order valence-electron chi connectivity index (χ2n) is 4.05. The zero-order valence-corrected chi connectivity index (χ0v) is 13.8. The lowest BCUT2D eigenvalue weighted by molar-refractivity contribution is 0.476. The van der Waals surface area contributed by atoms with E-state index in [9.17, 15) is 13.4 Å². The smallest absolute Gasteiger partial charge is 0.427 e. The SMILES string of the molecule is O=S(=O)(CC(Br)CBr)N1N=Cc2ccccc2B1O. The highest BCUT2D eigenvalue weighted by molar-refractivity contribution is 9.12. The van der Waals surface area contributed by atoms with Crippen molar-refractivity contribution < 1.29 is 13.4 Å². The van der Waals surface area contributed by atoms with E-state index < -0.39 is 17.1 Å². The second kappa shape index (κ2) is 5.95. The van der Waals surface area contributed by atoms with E-state index in [-0.39, 0.29) is 10.6 Å². The molecule has 0 saturated heterocycles. The van der Waals surface area contributed by atoms with Crippen LogP contribution in [-0.2, 0) is 10.0 Å². The van der Waals surface area contributed by atoms with Gasteiger partial charge in [-0.3, -0.25) is 0 Å². The molecule has 1 aliphatic heterocycles. The number of benzene rings is 1. The number of fused-ring (bicyclic) bond motifs is 1.